The Labute approximate surface area is 118 Å². The van der Waals surface area contributed by atoms with E-state index in [0.29, 0.717) is 22.9 Å². The summed E-state index contributed by atoms with van der Waals surface area (Å²) >= 11 is 0. The smallest absolute Gasteiger partial charge is 0.237 e. The van der Waals surface area contributed by atoms with Gasteiger partial charge in [0.2, 0.25) is 5.88 Å². The Balaban J connectivity index is 2.40. The van der Waals surface area contributed by atoms with Gasteiger partial charge in [0.25, 0.3) is 0 Å². The van der Waals surface area contributed by atoms with E-state index >= 15 is 0 Å². The van der Waals surface area contributed by atoms with Crippen LogP contribution in [0.3, 0.4) is 0 Å². The summed E-state index contributed by atoms with van der Waals surface area (Å²) in [7, 11) is 0. The lowest BCUT2D eigenvalue weighted by molar-refractivity contribution is 0.457. The largest absolute Gasteiger partial charge is 0.437 e. The van der Waals surface area contributed by atoms with Gasteiger partial charge in [-0.1, -0.05) is 26.0 Å². The van der Waals surface area contributed by atoms with Crippen molar-refractivity contribution in [2.45, 2.75) is 26.7 Å². The van der Waals surface area contributed by atoms with Gasteiger partial charge in [-0.05, 0) is 36.1 Å². The van der Waals surface area contributed by atoms with E-state index in [1.807, 2.05) is 25.1 Å². The highest BCUT2D eigenvalue weighted by atomic mass is 16.5. The third-order valence-corrected chi connectivity index (χ3v) is 3.08. The summed E-state index contributed by atoms with van der Waals surface area (Å²) in [6, 6.07) is 9.68. The zero-order chi connectivity index (χ0) is 14.7. The number of anilines is 1. The first-order valence-electron chi connectivity index (χ1n) is 6.45. The third-order valence-electron chi connectivity index (χ3n) is 3.08. The molecule has 1 heterocycles. The van der Waals surface area contributed by atoms with Crippen LogP contribution < -0.4 is 10.5 Å². The zero-order valence-electron chi connectivity index (χ0n) is 11.8. The van der Waals surface area contributed by atoms with Gasteiger partial charge < -0.3 is 10.5 Å². The van der Waals surface area contributed by atoms with E-state index in [1.54, 1.807) is 6.07 Å². The highest BCUT2D eigenvalue weighted by Crippen LogP contribution is 2.29. The summed E-state index contributed by atoms with van der Waals surface area (Å²) in [5.74, 6) is 1.41. The van der Waals surface area contributed by atoms with Crippen molar-refractivity contribution in [1.82, 2.24) is 4.98 Å². The molecule has 0 unspecified atom stereocenters. The third kappa shape index (κ3) is 2.89. The number of hydrogen-bond acceptors (Lipinski definition) is 4. The van der Waals surface area contributed by atoms with Gasteiger partial charge >= 0.3 is 0 Å². The minimum atomic E-state index is 0.283. The predicted octanol–water partition coefficient (Wildman–Crippen LogP) is 3.76. The normalized spacial score (nSPS) is 10.3. The number of aryl methyl sites for hydroxylation is 1. The fourth-order valence-corrected chi connectivity index (χ4v) is 1.82. The Bertz CT molecular complexity index is 672. The Morgan fingerprint density at radius 2 is 2.05 bits per heavy atom. The maximum Gasteiger partial charge on any atom is 0.237 e. The first kappa shape index (κ1) is 13.9. The second-order valence-electron chi connectivity index (χ2n) is 5.01. The molecule has 0 amide bonds. The molecule has 0 fully saturated rings. The van der Waals surface area contributed by atoms with Crippen molar-refractivity contribution in [3.05, 3.63) is 47.2 Å². The van der Waals surface area contributed by atoms with Crippen LogP contribution in [0.15, 0.2) is 30.5 Å². The second kappa shape index (κ2) is 5.62. The van der Waals surface area contributed by atoms with Crippen molar-refractivity contribution in [2.75, 3.05) is 5.73 Å². The summed E-state index contributed by atoms with van der Waals surface area (Å²) in [6.45, 7) is 6.20. The molecule has 2 rings (SSSR count). The van der Waals surface area contributed by atoms with E-state index in [0.717, 1.165) is 5.56 Å². The maximum absolute atomic E-state index is 9.11. The van der Waals surface area contributed by atoms with E-state index in [-0.39, 0.29) is 5.88 Å². The van der Waals surface area contributed by atoms with Crippen LogP contribution in [0.5, 0.6) is 11.6 Å². The SMILES string of the molecule is Cc1ccc(C(C)C)cc1Oc1ncc(N)cc1C#N. The van der Waals surface area contributed by atoms with E-state index in [4.69, 9.17) is 15.7 Å². The fraction of sp³-hybridized carbons (Fsp3) is 0.250. The number of benzene rings is 1. The molecule has 0 saturated heterocycles. The number of aromatic nitrogens is 1. The van der Waals surface area contributed by atoms with Gasteiger partial charge in [0.15, 0.2) is 0 Å². The average Bonchev–Trinajstić information content (AvgIpc) is 2.42. The lowest BCUT2D eigenvalue weighted by Gasteiger charge is -2.12. The summed E-state index contributed by atoms with van der Waals surface area (Å²) in [5.41, 5.74) is 8.58. The molecule has 2 N–H and O–H groups in total. The number of nitrogen functional groups attached to an aromatic ring is 1. The molecule has 102 valence electrons. The highest BCUT2D eigenvalue weighted by molar-refractivity contribution is 5.50. The molecule has 20 heavy (non-hydrogen) atoms. The Kier molecular flexibility index (Phi) is 3.90. The number of ether oxygens (including phenoxy) is 1. The highest BCUT2D eigenvalue weighted by Gasteiger charge is 2.10. The molecule has 1 aromatic carbocycles. The first-order chi connectivity index (χ1) is 9.51. The molecule has 0 aliphatic carbocycles. The van der Waals surface area contributed by atoms with Gasteiger partial charge in [0.05, 0.1) is 11.9 Å². The molecule has 1 aromatic heterocycles. The fourth-order valence-electron chi connectivity index (χ4n) is 1.82. The van der Waals surface area contributed by atoms with Gasteiger partial charge in [-0.2, -0.15) is 5.26 Å². The molecule has 0 bridgehead atoms. The van der Waals surface area contributed by atoms with Crippen LogP contribution in [-0.2, 0) is 0 Å². The summed E-state index contributed by atoms with van der Waals surface area (Å²) in [5, 5.41) is 9.11. The van der Waals surface area contributed by atoms with Crippen LogP contribution >= 0.6 is 0 Å². The zero-order valence-corrected chi connectivity index (χ0v) is 11.8. The Morgan fingerprint density at radius 1 is 1.30 bits per heavy atom. The van der Waals surface area contributed by atoms with E-state index in [2.05, 4.69) is 24.9 Å². The quantitative estimate of drug-likeness (QED) is 0.919. The van der Waals surface area contributed by atoms with Gasteiger partial charge in [0, 0.05) is 0 Å². The lowest BCUT2D eigenvalue weighted by atomic mass is 10.0. The minimum Gasteiger partial charge on any atom is -0.437 e. The van der Waals surface area contributed by atoms with Crippen molar-refractivity contribution in [3.8, 4) is 17.7 Å². The van der Waals surface area contributed by atoms with Gasteiger partial charge in [0.1, 0.15) is 17.4 Å². The molecular weight excluding hydrogens is 250 g/mol. The minimum absolute atomic E-state index is 0.283. The molecule has 0 radical (unpaired) electrons. The van der Waals surface area contributed by atoms with Gasteiger partial charge in [-0.25, -0.2) is 4.98 Å². The number of nitrogens with two attached hydrogens (primary N) is 1. The van der Waals surface area contributed by atoms with E-state index in [9.17, 15) is 0 Å². The standard InChI is InChI=1S/C16H17N3O/c1-10(2)12-5-4-11(3)15(7-12)20-16-13(8-17)6-14(18)9-19-16/h4-7,9-10H,18H2,1-3H3. The Morgan fingerprint density at radius 3 is 2.70 bits per heavy atom. The molecular formula is C16H17N3O. The number of nitriles is 1. The molecule has 0 saturated carbocycles. The molecule has 0 aliphatic heterocycles. The topological polar surface area (TPSA) is 71.9 Å². The molecule has 4 heteroatoms. The molecule has 0 atom stereocenters. The average molecular weight is 267 g/mol. The van der Waals surface area contributed by atoms with E-state index in [1.165, 1.54) is 11.8 Å². The van der Waals surface area contributed by atoms with Crippen molar-refractivity contribution in [2.24, 2.45) is 0 Å². The summed E-state index contributed by atoms with van der Waals surface area (Å²) in [4.78, 5) is 4.09. The number of rotatable bonds is 3. The monoisotopic (exact) mass is 267 g/mol. The van der Waals surface area contributed by atoms with Crippen molar-refractivity contribution >= 4 is 5.69 Å². The van der Waals surface area contributed by atoms with Crippen LogP contribution in [0.25, 0.3) is 0 Å². The molecule has 2 aromatic rings. The van der Waals surface area contributed by atoms with Crippen LogP contribution in [0.4, 0.5) is 5.69 Å². The van der Waals surface area contributed by atoms with Crippen molar-refractivity contribution in [3.63, 3.8) is 0 Å². The predicted molar refractivity (Wildman–Crippen MR) is 78.7 cm³/mol. The molecule has 0 spiro atoms. The summed E-state index contributed by atoms with van der Waals surface area (Å²) in [6.07, 6.45) is 1.48. The Hall–Kier alpha value is -2.54. The maximum atomic E-state index is 9.11. The van der Waals surface area contributed by atoms with Crippen LogP contribution in [0.2, 0.25) is 0 Å². The van der Waals surface area contributed by atoms with Crippen LogP contribution in [-0.4, -0.2) is 4.98 Å². The number of hydrogen-bond donors (Lipinski definition) is 1. The van der Waals surface area contributed by atoms with Crippen molar-refractivity contribution < 1.29 is 4.74 Å². The van der Waals surface area contributed by atoms with Gasteiger partial charge in [-0.15, -0.1) is 0 Å². The first-order valence-corrected chi connectivity index (χ1v) is 6.45. The van der Waals surface area contributed by atoms with E-state index < -0.39 is 0 Å². The lowest BCUT2D eigenvalue weighted by Crippen LogP contribution is -1.97. The van der Waals surface area contributed by atoms with Crippen LogP contribution in [0, 0.1) is 18.3 Å². The molecule has 0 aliphatic rings. The van der Waals surface area contributed by atoms with Crippen molar-refractivity contribution in [1.29, 1.82) is 5.26 Å². The van der Waals surface area contributed by atoms with Gasteiger partial charge in [-0.3, -0.25) is 0 Å². The number of pyridine rings is 1. The van der Waals surface area contributed by atoms with Crippen LogP contribution in [0.1, 0.15) is 36.5 Å². The second-order valence-corrected chi connectivity index (χ2v) is 5.01. The molecule has 4 nitrogen and oxygen atoms in total. The summed E-state index contributed by atoms with van der Waals surface area (Å²) < 4.78 is 5.79. The number of nitrogens with zero attached hydrogens (tertiary/aromatic N) is 2.